The third-order valence-electron chi connectivity index (χ3n) is 6.49. The molecule has 1 heterocycles. The Balaban J connectivity index is 2.54. The van der Waals surface area contributed by atoms with Crippen molar-refractivity contribution in [2.75, 3.05) is 21.3 Å². The number of hydrogen-bond acceptors (Lipinski definition) is 10. The molecule has 5 unspecified atom stereocenters. The lowest BCUT2D eigenvalue weighted by Crippen LogP contribution is -2.36. The van der Waals surface area contributed by atoms with E-state index in [-0.39, 0.29) is 23.3 Å². The summed E-state index contributed by atoms with van der Waals surface area (Å²) in [6.07, 6.45) is 5.49. The summed E-state index contributed by atoms with van der Waals surface area (Å²) in [5.74, 6) is -1.61. The van der Waals surface area contributed by atoms with Crippen molar-refractivity contribution in [3.05, 3.63) is 58.9 Å². The predicted molar refractivity (Wildman–Crippen MR) is 146 cm³/mol. The van der Waals surface area contributed by atoms with Gasteiger partial charge in [0.15, 0.2) is 11.9 Å². The van der Waals surface area contributed by atoms with Gasteiger partial charge in [-0.15, -0.1) is 0 Å². The first-order valence-electron chi connectivity index (χ1n) is 12.3. The van der Waals surface area contributed by atoms with E-state index in [0.717, 1.165) is 6.08 Å². The summed E-state index contributed by atoms with van der Waals surface area (Å²) in [5.41, 5.74) is 6.12. The van der Waals surface area contributed by atoms with Crippen LogP contribution in [0.5, 0.6) is 0 Å². The maximum absolute atomic E-state index is 13.2. The average Bonchev–Trinajstić information content (AvgIpc) is 2.90. The third-order valence-corrected chi connectivity index (χ3v) is 6.74. The lowest BCUT2D eigenvalue weighted by atomic mass is 9.91. The zero-order valence-corrected chi connectivity index (χ0v) is 23.6. The van der Waals surface area contributed by atoms with E-state index in [1.165, 1.54) is 33.3 Å². The summed E-state index contributed by atoms with van der Waals surface area (Å²) in [6.45, 7) is 3.31. The molecule has 2 amide bonds. The van der Waals surface area contributed by atoms with Gasteiger partial charge in [-0.25, -0.2) is 4.79 Å². The molecule has 1 aliphatic carbocycles. The first kappa shape index (κ1) is 32.2. The summed E-state index contributed by atoms with van der Waals surface area (Å²) in [6, 6.07) is 0. The van der Waals surface area contributed by atoms with Gasteiger partial charge in [0, 0.05) is 38.6 Å². The number of ether oxygens (including phenoxy) is 4. The maximum Gasteiger partial charge on any atom is 0.405 e. The summed E-state index contributed by atoms with van der Waals surface area (Å²) < 4.78 is 27.5. The molecule has 214 valence electrons. The number of rotatable bonds is 5. The fourth-order valence-corrected chi connectivity index (χ4v) is 4.48. The van der Waals surface area contributed by atoms with E-state index >= 15 is 0 Å². The number of carbonyl (C=O) groups is 4. The second kappa shape index (κ2) is 15.5. The number of thiol groups is 1. The Bertz CT molecular complexity index is 1090. The Hall–Kier alpha value is -3.03. The molecule has 0 saturated heterocycles. The van der Waals surface area contributed by atoms with E-state index in [1.807, 2.05) is 6.08 Å². The van der Waals surface area contributed by atoms with Crippen LogP contribution < -0.4 is 11.1 Å². The number of fused-ring (bicyclic) bond motifs is 2. The summed E-state index contributed by atoms with van der Waals surface area (Å²) >= 11 is 3.93. The van der Waals surface area contributed by atoms with E-state index in [2.05, 4.69) is 18.2 Å². The van der Waals surface area contributed by atoms with Gasteiger partial charge in [0.05, 0.1) is 17.9 Å². The monoisotopic (exact) mass is 564 g/mol. The molecule has 0 aromatic carbocycles. The number of carbonyl (C=O) groups excluding carboxylic acids is 4. The van der Waals surface area contributed by atoms with Gasteiger partial charge in [-0.3, -0.25) is 14.4 Å². The highest BCUT2D eigenvalue weighted by Gasteiger charge is 2.32. The number of allylic oxidation sites excluding steroid dienone is 5. The van der Waals surface area contributed by atoms with E-state index < -0.39 is 54.1 Å². The molecule has 0 aromatic rings. The zero-order valence-electron chi connectivity index (χ0n) is 22.7. The Kier molecular flexibility index (Phi) is 12.8. The van der Waals surface area contributed by atoms with E-state index in [9.17, 15) is 19.2 Å². The molecule has 39 heavy (non-hydrogen) atoms. The highest BCUT2D eigenvalue weighted by Crippen LogP contribution is 2.25. The van der Waals surface area contributed by atoms with Crippen molar-refractivity contribution >= 4 is 36.5 Å². The Morgan fingerprint density at radius 1 is 1.03 bits per heavy atom. The molecule has 0 aromatic heterocycles. The molecule has 2 bridgehead atoms. The standard InChI is InChI=1S/C27H36N2O9S/c1-15-9-10-21(34-3)22(35-4)12-11-20(38-39)18-13-17(30)14-19(24(18)31)29-26(32)16(2)7-6-8-23(36-5)25(15)37-27(28)33/h6-9,13-14,20-23,25,39H,10-12H2,1-5H3,(H2,28,33)(H,29,32)/b8-6-,15-9+,16-7+. The average molecular weight is 565 g/mol. The number of amides is 2. The van der Waals surface area contributed by atoms with Crippen molar-refractivity contribution in [3.63, 3.8) is 0 Å². The number of nitrogens with one attached hydrogen (secondary N) is 1. The first-order valence-corrected chi connectivity index (χ1v) is 12.6. The molecule has 11 nitrogen and oxygen atoms in total. The zero-order chi connectivity index (χ0) is 29.1. The van der Waals surface area contributed by atoms with Gasteiger partial charge in [0.2, 0.25) is 5.78 Å². The Morgan fingerprint density at radius 2 is 1.72 bits per heavy atom. The van der Waals surface area contributed by atoms with Gasteiger partial charge in [-0.05, 0) is 57.7 Å². The lowest BCUT2D eigenvalue weighted by molar-refractivity contribution is -0.120. The molecule has 1 aliphatic heterocycles. The van der Waals surface area contributed by atoms with Crippen LogP contribution in [0.15, 0.2) is 58.9 Å². The molecule has 0 spiro atoms. The van der Waals surface area contributed by atoms with Gasteiger partial charge in [0.1, 0.15) is 12.2 Å². The Morgan fingerprint density at radius 3 is 2.31 bits per heavy atom. The smallest absolute Gasteiger partial charge is 0.405 e. The van der Waals surface area contributed by atoms with Gasteiger partial charge in [-0.2, -0.15) is 0 Å². The van der Waals surface area contributed by atoms with Crippen LogP contribution in [0.25, 0.3) is 0 Å². The van der Waals surface area contributed by atoms with Crippen LogP contribution in [0.3, 0.4) is 0 Å². The highest BCUT2D eigenvalue weighted by molar-refractivity contribution is 7.75. The molecule has 0 fully saturated rings. The second-order valence-electron chi connectivity index (χ2n) is 9.04. The van der Waals surface area contributed by atoms with Crippen LogP contribution in [0.1, 0.15) is 33.1 Å². The minimum absolute atomic E-state index is 0.0705. The van der Waals surface area contributed by atoms with Crippen LogP contribution >= 0.6 is 12.9 Å². The van der Waals surface area contributed by atoms with Gasteiger partial charge in [-0.1, -0.05) is 24.3 Å². The normalized spacial score (nSPS) is 31.1. The first-order chi connectivity index (χ1) is 18.6. The van der Waals surface area contributed by atoms with Crippen LogP contribution in [-0.4, -0.2) is 75.4 Å². The maximum atomic E-state index is 13.2. The number of Topliss-reactive ketones (excluding diaryl/α,β-unsaturated/α-hetero) is 1. The molecule has 0 radical (unpaired) electrons. The van der Waals surface area contributed by atoms with E-state index in [0.29, 0.717) is 18.4 Å². The molecule has 5 atom stereocenters. The topological polar surface area (TPSA) is 152 Å². The highest BCUT2D eigenvalue weighted by atomic mass is 32.1. The Labute approximate surface area is 233 Å². The SMILES string of the molecule is COC1/C=C\C=C(/C)C(=O)NC2=CC(=O)C=C(C2=O)C(OS)CCC(OC)C(OC)C/C=C(\C)C1OC(N)=O. The van der Waals surface area contributed by atoms with Gasteiger partial charge in [0.25, 0.3) is 5.91 Å². The number of ketones is 2. The number of methoxy groups -OCH3 is 3. The fourth-order valence-electron chi connectivity index (χ4n) is 4.26. The van der Waals surface area contributed by atoms with E-state index in [4.69, 9.17) is 28.9 Å². The minimum Gasteiger partial charge on any atom is -0.439 e. The number of primary amides is 1. The lowest BCUT2D eigenvalue weighted by Gasteiger charge is -2.27. The third kappa shape index (κ3) is 9.01. The fraction of sp³-hybridized carbons (Fsp3) is 0.481. The molecule has 0 saturated carbocycles. The summed E-state index contributed by atoms with van der Waals surface area (Å²) in [7, 11) is 4.52. The second-order valence-corrected chi connectivity index (χ2v) is 9.25. The predicted octanol–water partition coefficient (Wildman–Crippen LogP) is 2.44. The van der Waals surface area contributed by atoms with Crippen molar-refractivity contribution in [1.82, 2.24) is 5.32 Å². The summed E-state index contributed by atoms with van der Waals surface area (Å²) in [5, 5.41) is 2.50. The van der Waals surface area contributed by atoms with Gasteiger partial charge < -0.3 is 34.2 Å². The van der Waals surface area contributed by atoms with Crippen LogP contribution in [0.2, 0.25) is 0 Å². The summed E-state index contributed by atoms with van der Waals surface area (Å²) in [4.78, 5) is 50.0. The molecule has 3 N–H and O–H groups in total. The molecule has 2 rings (SSSR count). The van der Waals surface area contributed by atoms with Crippen LogP contribution in [0, 0.1) is 0 Å². The van der Waals surface area contributed by atoms with Gasteiger partial charge >= 0.3 is 6.09 Å². The van der Waals surface area contributed by atoms with Crippen LogP contribution in [-0.2, 0) is 37.5 Å². The molecular weight excluding hydrogens is 528 g/mol. The van der Waals surface area contributed by atoms with Crippen molar-refractivity contribution in [2.45, 2.75) is 63.6 Å². The molecular formula is C27H36N2O9S. The number of nitrogens with two attached hydrogens (primary N) is 1. The minimum atomic E-state index is -0.976. The van der Waals surface area contributed by atoms with Crippen molar-refractivity contribution in [1.29, 1.82) is 0 Å². The largest absolute Gasteiger partial charge is 0.439 e. The quantitative estimate of drug-likeness (QED) is 0.198. The van der Waals surface area contributed by atoms with E-state index in [1.54, 1.807) is 26.2 Å². The van der Waals surface area contributed by atoms with Crippen molar-refractivity contribution in [2.24, 2.45) is 5.73 Å². The van der Waals surface area contributed by atoms with Crippen LogP contribution in [0.4, 0.5) is 4.79 Å². The van der Waals surface area contributed by atoms with Crippen molar-refractivity contribution in [3.8, 4) is 0 Å². The molecule has 2 aliphatic rings. The number of hydrogen-bond donors (Lipinski definition) is 3. The van der Waals surface area contributed by atoms with Crippen molar-refractivity contribution < 1.29 is 42.3 Å². The molecule has 12 heteroatoms.